The van der Waals surface area contributed by atoms with Gasteiger partial charge in [0.1, 0.15) is 0 Å². The Morgan fingerprint density at radius 2 is 2.32 bits per heavy atom. The highest BCUT2D eigenvalue weighted by Crippen LogP contribution is 2.24. The van der Waals surface area contributed by atoms with Crippen LogP contribution in [0.3, 0.4) is 0 Å². The molecule has 0 spiro atoms. The van der Waals surface area contributed by atoms with Gasteiger partial charge in [-0.15, -0.1) is 0 Å². The SMILES string of the molecule is Cc1cc(N(C)C2CCOC2)c(CNC(C)C)cn1. The van der Waals surface area contributed by atoms with E-state index in [0.29, 0.717) is 12.1 Å². The Hall–Kier alpha value is -1.13. The minimum Gasteiger partial charge on any atom is -0.379 e. The fraction of sp³-hybridized carbons (Fsp3) is 0.667. The zero-order valence-electron chi connectivity index (χ0n) is 12.4. The molecule has 1 aromatic heterocycles. The normalized spacial score (nSPS) is 19.1. The summed E-state index contributed by atoms with van der Waals surface area (Å²) in [5.74, 6) is 0. The van der Waals surface area contributed by atoms with Gasteiger partial charge in [-0.25, -0.2) is 0 Å². The van der Waals surface area contributed by atoms with Gasteiger partial charge in [0, 0.05) is 49.4 Å². The first kappa shape index (κ1) is 14.3. The second kappa shape index (κ2) is 6.35. The second-order valence-electron chi connectivity index (χ2n) is 5.62. The van der Waals surface area contributed by atoms with Crippen LogP contribution in [0.15, 0.2) is 12.3 Å². The van der Waals surface area contributed by atoms with Crippen LogP contribution in [0.2, 0.25) is 0 Å². The van der Waals surface area contributed by atoms with E-state index in [1.54, 1.807) is 0 Å². The predicted molar refractivity (Wildman–Crippen MR) is 78.6 cm³/mol. The molecule has 1 unspecified atom stereocenters. The van der Waals surface area contributed by atoms with Gasteiger partial charge >= 0.3 is 0 Å². The van der Waals surface area contributed by atoms with Crippen molar-refractivity contribution in [2.24, 2.45) is 0 Å². The Morgan fingerprint density at radius 3 is 2.95 bits per heavy atom. The minimum absolute atomic E-state index is 0.481. The van der Waals surface area contributed by atoms with E-state index in [1.165, 1.54) is 11.3 Å². The predicted octanol–water partition coefficient (Wildman–Crippen LogP) is 2.11. The topological polar surface area (TPSA) is 37.4 Å². The average Bonchev–Trinajstić information content (AvgIpc) is 2.90. The number of hydrogen-bond acceptors (Lipinski definition) is 4. The van der Waals surface area contributed by atoms with Crippen LogP contribution in [0.5, 0.6) is 0 Å². The lowest BCUT2D eigenvalue weighted by atomic mass is 10.1. The van der Waals surface area contributed by atoms with Crippen molar-refractivity contribution in [1.82, 2.24) is 10.3 Å². The van der Waals surface area contributed by atoms with Gasteiger partial charge in [-0.1, -0.05) is 13.8 Å². The fourth-order valence-electron chi connectivity index (χ4n) is 2.38. The Labute approximate surface area is 116 Å². The number of anilines is 1. The number of aryl methyl sites for hydroxylation is 1. The van der Waals surface area contributed by atoms with E-state index < -0.39 is 0 Å². The van der Waals surface area contributed by atoms with Crippen molar-refractivity contribution in [3.05, 3.63) is 23.5 Å². The molecular formula is C15H25N3O. The highest BCUT2D eigenvalue weighted by Gasteiger charge is 2.22. The van der Waals surface area contributed by atoms with Crippen LogP contribution in [-0.2, 0) is 11.3 Å². The minimum atomic E-state index is 0.481. The van der Waals surface area contributed by atoms with Gasteiger partial charge in [0.15, 0.2) is 0 Å². The molecule has 1 N–H and O–H groups in total. The maximum Gasteiger partial charge on any atom is 0.0670 e. The number of ether oxygens (including phenoxy) is 1. The van der Waals surface area contributed by atoms with E-state index in [-0.39, 0.29) is 0 Å². The summed E-state index contributed by atoms with van der Waals surface area (Å²) in [5, 5.41) is 3.47. The van der Waals surface area contributed by atoms with E-state index in [0.717, 1.165) is 31.9 Å². The number of likely N-dealkylation sites (N-methyl/N-ethyl adjacent to an activating group) is 1. The highest BCUT2D eigenvalue weighted by molar-refractivity contribution is 5.54. The van der Waals surface area contributed by atoms with Crippen LogP contribution in [0.25, 0.3) is 0 Å². The summed E-state index contributed by atoms with van der Waals surface area (Å²) in [5.41, 5.74) is 3.60. The molecule has 2 rings (SSSR count). The van der Waals surface area contributed by atoms with Crippen molar-refractivity contribution >= 4 is 5.69 Å². The molecule has 106 valence electrons. The van der Waals surface area contributed by atoms with E-state index >= 15 is 0 Å². The molecule has 1 aliphatic rings. The summed E-state index contributed by atoms with van der Waals surface area (Å²) >= 11 is 0. The summed E-state index contributed by atoms with van der Waals surface area (Å²) in [7, 11) is 2.16. The molecule has 1 aliphatic heterocycles. The van der Waals surface area contributed by atoms with Crippen LogP contribution in [0.1, 0.15) is 31.5 Å². The van der Waals surface area contributed by atoms with Crippen molar-refractivity contribution in [2.75, 3.05) is 25.2 Å². The van der Waals surface area contributed by atoms with Crippen LogP contribution >= 0.6 is 0 Å². The molecule has 1 saturated heterocycles. The molecule has 2 heterocycles. The average molecular weight is 263 g/mol. The van der Waals surface area contributed by atoms with Gasteiger partial charge < -0.3 is 15.0 Å². The second-order valence-corrected chi connectivity index (χ2v) is 5.62. The Balaban J connectivity index is 2.18. The lowest BCUT2D eigenvalue weighted by molar-refractivity contribution is 0.193. The zero-order chi connectivity index (χ0) is 13.8. The van der Waals surface area contributed by atoms with Crippen LogP contribution in [-0.4, -0.2) is 37.3 Å². The maximum absolute atomic E-state index is 5.50. The number of nitrogens with one attached hydrogen (secondary N) is 1. The van der Waals surface area contributed by atoms with Crippen LogP contribution in [0, 0.1) is 6.92 Å². The number of nitrogens with zero attached hydrogens (tertiary/aromatic N) is 2. The largest absolute Gasteiger partial charge is 0.379 e. The Bertz CT molecular complexity index is 414. The molecular weight excluding hydrogens is 238 g/mol. The molecule has 19 heavy (non-hydrogen) atoms. The van der Waals surface area contributed by atoms with Crippen molar-refractivity contribution in [3.63, 3.8) is 0 Å². The van der Waals surface area contributed by atoms with Crippen molar-refractivity contribution < 1.29 is 4.74 Å². The van der Waals surface area contributed by atoms with E-state index in [4.69, 9.17) is 4.74 Å². The summed E-state index contributed by atoms with van der Waals surface area (Å²) in [6, 6.07) is 3.14. The van der Waals surface area contributed by atoms with Gasteiger partial charge in [0.05, 0.1) is 12.6 Å². The van der Waals surface area contributed by atoms with E-state index in [1.807, 2.05) is 13.1 Å². The number of rotatable bonds is 5. The molecule has 1 aromatic rings. The Morgan fingerprint density at radius 1 is 1.53 bits per heavy atom. The van der Waals surface area contributed by atoms with Crippen molar-refractivity contribution in [2.45, 2.75) is 45.8 Å². The third-order valence-corrected chi connectivity index (χ3v) is 3.63. The summed E-state index contributed by atoms with van der Waals surface area (Å²) in [6.45, 7) is 8.93. The number of aromatic nitrogens is 1. The molecule has 0 radical (unpaired) electrons. The third kappa shape index (κ3) is 3.67. The van der Waals surface area contributed by atoms with Crippen LogP contribution in [0.4, 0.5) is 5.69 Å². The molecule has 4 nitrogen and oxygen atoms in total. The lowest BCUT2D eigenvalue weighted by Crippen LogP contribution is -2.33. The molecule has 0 saturated carbocycles. The van der Waals surface area contributed by atoms with Gasteiger partial charge in [0.25, 0.3) is 0 Å². The maximum atomic E-state index is 5.50. The van der Waals surface area contributed by atoms with Crippen molar-refractivity contribution in [1.29, 1.82) is 0 Å². The molecule has 1 fully saturated rings. The van der Waals surface area contributed by atoms with E-state index in [2.05, 4.69) is 42.2 Å². The summed E-state index contributed by atoms with van der Waals surface area (Å²) < 4.78 is 5.50. The van der Waals surface area contributed by atoms with Gasteiger partial charge in [-0.3, -0.25) is 4.98 Å². The first-order chi connectivity index (χ1) is 9.08. The van der Waals surface area contributed by atoms with Crippen molar-refractivity contribution in [3.8, 4) is 0 Å². The molecule has 1 atom stereocenters. The monoisotopic (exact) mass is 263 g/mol. The van der Waals surface area contributed by atoms with Gasteiger partial charge in [-0.2, -0.15) is 0 Å². The molecule has 0 aliphatic carbocycles. The first-order valence-electron chi connectivity index (χ1n) is 7.07. The molecule has 0 aromatic carbocycles. The number of hydrogen-bond donors (Lipinski definition) is 1. The fourth-order valence-corrected chi connectivity index (χ4v) is 2.38. The zero-order valence-corrected chi connectivity index (χ0v) is 12.4. The quantitative estimate of drug-likeness (QED) is 0.883. The molecule has 0 amide bonds. The van der Waals surface area contributed by atoms with Gasteiger partial charge in [0.2, 0.25) is 0 Å². The molecule has 0 bridgehead atoms. The lowest BCUT2D eigenvalue weighted by Gasteiger charge is -2.28. The van der Waals surface area contributed by atoms with E-state index in [9.17, 15) is 0 Å². The third-order valence-electron chi connectivity index (χ3n) is 3.63. The van der Waals surface area contributed by atoms with Crippen LogP contribution < -0.4 is 10.2 Å². The summed E-state index contributed by atoms with van der Waals surface area (Å²) in [4.78, 5) is 6.78. The molecule has 4 heteroatoms. The smallest absolute Gasteiger partial charge is 0.0670 e. The highest BCUT2D eigenvalue weighted by atomic mass is 16.5. The first-order valence-corrected chi connectivity index (χ1v) is 7.07. The number of pyridine rings is 1. The standard InChI is InChI=1S/C15H25N3O/c1-11(2)16-8-13-9-17-12(3)7-15(13)18(4)14-5-6-19-10-14/h7,9,11,14,16H,5-6,8,10H2,1-4H3. The van der Waals surface area contributed by atoms with Gasteiger partial charge in [-0.05, 0) is 19.4 Å². The Kier molecular flexibility index (Phi) is 4.77. The summed E-state index contributed by atoms with van der Waals surface area (Å²) in [6.07, 6.45) is 3.10.